The van der Waals surface area contributed by atoms with Crippen molar-refractivity contribution in [2.75, 3.05) is 78.0 Å². The number of aromatic nitrogens is 5. The fraction of sp³-hybridized carbons (Fsp3) is 0.500. The van der Waals surface area contributed by atoms with Crippen molar-refractivity contribution < 1.29 is 28.2 Å². The molecule has 1 unspecified atom stereocenters. The van der Waals surface area contributed by atoms with Gasteiger partial charge in [-0.05, 0) is 62.4 Å². The SMILES string of the molecule is CSc1ccc(OC(F)F)c(-c2nn(CC(=O)N3CCN(CC4CCN(CC(=O)N(C)C)CC4)CC3)cc2NC(O)c2cnn3cccnc23)c1. The number of fused-ring (bicyclic) bond motifs is 1. The first kappa shape index (κ1) is 36.5. The van der Waals surface area contributed by atoms with E-state index < -0.39 is 12.8 Å². The molecule has 51 heavy (non-hydrogen) atoms. The summed E-state index contributed by atoms with van der Waals surface area (Å²) in [6.07, 6.45) is 9.04. The minimum Gasteiger partial charge on any atom is -0.434 e. The standard InChI is InChI=1S/C34H44F2N10O4S/c1-41(2)29(47)21-42-11-7-23(8-12-42)19-43-13-15-44(16-14-43)30(48)22-45-20-27(39-33(49)26-18-38-46-10-4-9-37-32(26)46)31(40-45)25-17-24(51-3)5-6-28(25)50-34(35)36/h4-6,9-10,17-18,20,23,33-34,39,49H,7-8,11-16,19,21-22H2,1-3H3. The quantitative estimate of drug-likeness (QED) is 0.156. The molecule has 6 rings (SSSR count). The molecule has 17 heteroatoms. The zero-order chi connectivity index (χ0) is 36.1. The molecule has 2 aliphatic heterocycles. The largest absolute Gasteiger partial charge is 0.434 e. The Morgan fingerprint density at radius 1 is 1.10 bits per heavy atom. The number of halogens is 2. The second-order valence-electron chi connectivity index (χ2n) is 13.1. The van der Waals surface area contributed by atoms with Gasteiger partial charge < -0.3 is 25.0 Å². The van der Waals surface area contributed by atoms with Crippen molar-refractivity contribution in [1.82, 2.24) is 44.0 Å². The van der Waals surface area contributed by atoms with Gasteiger partial charge in [0.15, 0.2) is 11.9 Å². The van der Waals surface area contributed by atoms with Gasteiger partial charge in [0.25, 0.3) is 0 Å². The Morgan fingerprint density at radius 3 is 2.57 bits per heavy atom. The highest BCUT2D eigenvalue weighted by atomic mass is 32.2. The number of aliphatic hydroxyl groups is 1. The molecular formula is C34H44F2N10O4S. The van der Waals surface area contributed by atoms with Gasteiger partial charge in [0.1, 0.15) is 18.0 Å². The van der Waals surface area contributed by atoms with Crippen molar-refractivity contribution in [3.05, 3.63) is 54.6 Å². The topological polar surface area (TPSA) is 137 Å². The van der Waals surface area contributed by atoms with Gasteiger partial charge >= 0.3 is 6.61 Å². The molecule has 1 aromatic carbocycles. The summed E-state index contributed by atoms with van der Waals surface area (Å²) in [5.74, 6) is 0.477. The number of benzene rings is 1. The smallest absolute Gasteiger partial charge is 0.387 e. The normalized spacial score (nSPS) is 16.9. The zero-order valence-electron chi connectivity index (χ0n) is 29.0. The molecule has 2 amide bonds. The van der Waals surface area contributed by atoms with E-state index in [0.717, 1.165) is 50.5 Å². The van der Waals surface area contributed by atoms with E-state index in [9.17, 15) is 23.5 Å². The number of likely N-dealkylation sites (N-methyl/N-ethyl adjacent to an activating group) is 1. The molecule has 4 aromatic rings. The number of piperazine rings is 1. The number of carbonyl (C=O) groups is 2. The fourth-order valence-electron chi connectivity index (χ4n) is 6.53. The predicted molar refractivity (Wildman–Crippen MR) is 189 cm³/mol. The summed E-state index contributed by atoms with van der Waals surface area (Å²) in [6.45, 7) is 2.79. The molecule has 2 fully saturated rings. The second kappa shape index (κ2) is 16.4. The molecule has 3 aromatic heterocycles. The Labute approximate surface area is 299 Å². The van der Waals surface area contributed by atoms with Crippen molar-refractivity contribution in [2.45, 2.75) is 37.1 Å². The number of hydrogen-bond acceptors (Lipinski definition) is 11. The van der Waals surface area contributed by atoms with Crippen LogP contribution in [-0.4, -0.2) is 140 Å². The predicted octanol–water partition coefficient (Wildman–Crippen LogP) is 2.96. The van der Waals surface area contributed by atoms with Gasteiger partial charge in [-0.1, -0.05) is 0 Å². The number of hydrogen-bond donors (Lipinski definition) is 2. The molecular weight excluding hydrogens is 683 g/mol. The number of alkyl halides is 2. The molecule has 0 radical (unpaired) electrons. The number of ether oxygens (including phenoxy) is 1. The number of carbonyl (C=O) groups excluding carboxylic acids is 2. The Hall–Kier alpha value is -4.32. The molecule has 1 atom stereocenters. The van der Waals surface area contributed by atoms with Crippen LogP contribution in [0.5, 0.6) is 5.75 Å². The van der Waals surface area contributed by atoms with Gasteiger partial charge in [0.2, 0.25) is 11.8 Å². The van der Waals surface area contributed by atoms with Crippen molar-refractivity contribution in [3.63, 3.8) is 0 Å². The molecule has 274 valence electrons. The lowest BCUT2D eigenvalue weighted by atomic mass is 9.96. The average molecular weight is 727 g/mol. The molecule has 0 aliphatic carbocycles. The van der Waals surface area contributed by atoms with E-state index >= 15 is 0 Å². The lowest BCUT2D eigenvalue weighted by Crippen LogP contribution is -2.51. The van der Waals surface area contributed by atoms with Crippen molar-refractivity contribution in [2.24, 2.45) is 5.92 Å². The molecule has 2 saturated heterocycles. The van der Waals surface area contributed by atoms with Crippen molar-refractivity contribution in [1.29, 1.82) is 0 Å². The van der Waals surface area contributed by atoms with Gasteiger partial charge in [0.05, 0.1) is 24.0 Å². The average Bonchev–Trinajstić information content (AvgIpc) is 3.73. The number of nitrogens with zero attached hydrogens (tertiary/aromatic N) is 9. The van der Waals surface area contributed by atoms with Crippen molar-refractivity contribution >= 4 is 34.9 Å². The molecule has 5 heterocycles. The highest BCUT2D eigenvalue weighted by Crippen LogP contribution is 2.38. The van der Waals surface area contributed by atoms with E-state index in [2.05, 4.69) is 30.3 Å². The van der Waals surface area contributed by atoms with Crippen LogP contribution in [-0.2, 0) is 16.1 Å². The molecule has 0 saturated carbocycles. The molecule has 0 bridgehead atoms. The maximum Gasteiger partial charge on any atom is 0.387 e. The summed E-state index contributed by atoms with van der Waals surface area (Å²) in [4.78, 5) is 38.8. The number of likely N-dealkylation sites (tertiary alicyclic amines) is 1. The van der Waals surface area contributed by atoms with Gasteiger partial charge in [0, 0.05) is 75.9 Å². The van der Waals surface area contributed by atoms with E-state index in [1.54, 1.807) is 55.8 Å². The minimum absolute atomic E-state index is 0.0829. The van der Waals surface area contributed by atoms with E-state index in [-0.39, 0.29) is 35.4 Å². The summed E-state index contributed by atoms with van der Waals surface area (Å²) in [5, 5.41) is 23.2. The number of rotatable bonds is 13. The summed E-state index contributed by atoms with van der Waals surface area (Å²) < 4.78 is 34.8. The van der Waals surface area contributed by atoms with E-state index in [4.69, 9.17) is 4.74 Å². The van der Waals surface area contributed by atoms with Gasteiger partial charge in [-0.3, -0.25) is 24.1 Å². The maximum absolute atomic E-state index is 13.6. The maximum atomic E-state index is 13.6. The molecule has 2 aliphatic rings. The number of piperidine rings is 1. The van der Waals surface area contributed by atoms with Gasteiger partial charge in [-0.25, -0.2) is 9.50 Å². The van der Waals surface area contributed by atoms with E-state index in [0.29, 0.717) is 42.5 Å². The Bertz CT molecular complexity index is 1800. The first-order valence-corrected chi connectivity index (χ1v) is 18.2. The third kappa shape index (κ3) is 8.95. The summed E-state index contributed by atoms with van der Waals surface area (Å²) in [7, 11) is 3.57. The number of anilines is 1. The first-order valence-electron chi connectivity index (χ1n) is 16.9. The summed E-state index contributed by atoms with van der Waals surface area (Å²) in [6, 6.07) is 6.55. The monoisotopic (exact) mass is 726 g/mol. The third-order valence-electron chi connectivity index (χ3n) is 9.42. The molecule has 0 spiro atoms. The van der Waals surface area contributed by atoms with Crippen LogP contribution in [0.2, 0.25) is 0 Å². The van der Waals surface area contributed by atoms with E-state index in [1.165, 1.54) is 33.2 Å². The fourth-order valence-corrected chi connectivity index (χ4v) is 6.97. The Kier molecular flexibility index (Phi) is 11.7. The van der Waals surface area contributed by atoms with Crippen LogP contribution < -0.4 is 10.1 Å². The highest BCUT2D eigenvalue weighted by molar-refractivity contribution is 7.98. The van der Waals surface area contributed by atoms with Crippen LogP contribution in [0, 0.1) is 5.92 Å². The minimum atomic E-state index is -3.07. The molecule has 14 nitrogen and oxygen atoms in total. The third-order valence-corrected chi connectivity index (χ3v) is 10.1. The van der Waals surface area contributed by atoms with Gasteiger partial charge in [-0.2, -0.15) is 19.0 Å². The lowest BCUT2D eigenvalue weighted by molar-refractivity contribution is -0.134. The summed E-state index contributed by atoms with van der Waals surface area (Å²) in [5.41, 5.74) is 1.67. The number of nitrogens with one attached hydrogen (secondary N) is 1. The van der Waals surface area contributed by atoms with Crippen LogP contribution in [0.4, 0.5) is 14.5 Å². The second-order valence-corrected chi connectivity index (χ2v) is 13.9. The first-order chi connectivity index (χ1) is 24.6. The zero-order valence-corrected chi connectivity index (χ0v) is 29.8. The van der Waals surface area contributed by atoms with Crippen LogP contribution >= 0.6 is 11.8 Å². The Morgan fingerprint density at radius 2 is 1.86 bits per heavy atom. The van der Waals surface area contributed by atoms with Crippen LogP contribution in [0.1, 0.15) is 24.6 Å². The number of aliphatic hydroxyl groups excluding tert-OH is 1. The Balaban J connectivity index is 1.13. The van der Waals surface area contributed by atoms with Crippen LogP contribution in [0.15, 0.2) is 53.9 Å². The van der Waals surface area contributed by atoms with Crippen molar-refractivity contribution in [3.8, 4) is 17.0 Å². The molecule has 2 N–H and O–H groups in total. The number of thioether (sulfide) groups is 1. The lowest BCUT2D eigenvalue weighted by Gasteiger charge is -2.38. The van der Waals surface area contributed by atoms with Crippen LogP contribution in [0.3, 0.4) is 0 Å². The number of amides is 2. The highest BCUT2D eigenvalue weighted by Gasteiger charge is 2.28. The summed E-state index contributed by atoms with van der Waals surface area (Å²) >= 11 is 1.43. The van der Waals surface area contributed by atoms with Gasteiger partial charge in [-0.15, -0.1) is 11.8 Å². The van der Waals surface area contributed by atoms with E-state index in [1.807, 2.05) is 11.2 Å². The van der Waals surface area contributed by atoms with Crippen LogP contribution in [0.25, 0.3) is 16.9 Å².